The number of hydrogen-bond donors (Lipinski definition) is 3. The maximum atomic E-state index is 13.8. The van der Waals surface area contributed by atoms with Crippen molar-refractivity contribution in [2.75, 3.05) is 12.8 Å². The lowest BCUT2D eigenvalue weighted by Crippen LogP contribution is -2.21. The highest BCUT2D eigenvalue weighted by atomic mass is 32.2. The van der Waals surface area contributed by atoms with Crippen LogP contribution in [0.4, 0.5) is 4.39 Å². The second kappa shape index (κ2) is 7.96. The molecule has 0 aliphatic carbocycles. The van der Waals surface area contributed by atoms with Gasteiger partial charge in [-0.25, -0.2) is 4.39 Å². The van der Waals surface area contributed by atoms with Crippen LogP contribution >= 0.6 is 0 Å². The van der Waals surface area contributed by atoms with E-state index in [0.29, 0.717) is 24.2 Å². The third-order valence-electron chi connectivity index (χ3n) is 3.07. The standard InChI is InChI=1S/C13H20FN3O2S/c1-9(20(2)19)5-6-16-8-11-4-3-10(7-12(11)14)13(15)17-18/h3-4,7,9,16,18H,5-6,8H2,1-2H3,(H2,15,17). The first-order valence-electron chi connectivity index (χ1n) is 6.25. The van der Waals surface area contributed by atoms with E-state index in [-0.39, 0.29) is 11.1 Å². The number of hydrogen-bond acceptors (Lipinski definition) is 4. The number of benzene rings is 1. The van der Waals surface area contributed by atoms with Crippen molar-refractivity contribution in [3.05, 3.63) is 35.1 Å². The Morgan fingerprint density at radius 2 is 2.30 bits per heavy atom. The molecule has 0 amide bonds. The number of nitrogens with two attached hydrogens (primary N) is 1. The monoisotopic (exact) mass is 301 g/mol. The zero-order valence-electron chi connectivity index (χ0n) is 11.6. The molecule has 0 bridgehead atoms. The minimum Gasteiger partial charge on any atom is -0.409 e. The quantitative estimate of drug-likeness (QED) is 0.232. The molecule has 5 nitrogen and oxygen atoms in total. The van der Waals surface area contributed by atoms with Gasteiger partial charge in [-0.05, 0) is 19.0 Å². The second-order valence-electron chi connectivity index (χ2n) is 4.57. The molecule has 0 aromatic heterocycles. The third-order valence-corrected chi connectivity index (χ3v) is 4.44. The Labute approximate surface area is 120 Å². The molecule has 0 saturated heterocycles. The summed E-state index contributed by atoms with van der Waals surface area (Å²) in [6, 6.07) is 4.42. The Morgan fingerprint density at radius 3 is 2.85 bits per heavy atom. The van der Waals surface area contributed by atoms with Crippen LogP contribution in [-0.2, 0) is 17.3 Å². The minimum absolute atomic E-state index is 0.121. The van der Waals surface area contributed by atoms with Crippen molar-refractivity contribution >= 4 is 16.6 Å². The summed E-state index contributed by atoms with van der Waals surface area (Å²) in [5.74, 6) is -0.531. The summed E-state index contributed by atoms with van der Waals surface area (Å²) >= 11 is 0. The third kappa shape index (κ3) is 4.90. The molecule has 0 saturated carbocycles. The van der Waals surface area contributed by atoms with Gasteiger partial charge >= 0.3 is 0 Å². The number of halogens is 1. The maximum absolute atomic E-state index is 13.8. The van der Waals surface area contributed by atoms with Gasteiger partial charge < -0.3 is 16.3 Å². The minimum atomic E-state index is -0.837. The fourth-order valence-corrected chi connectivity index (χ4v) is 2.05. The van der Waals surface area contributed by atoms with Crippen LogP contribution in [0, 0.1) is 5.82 Å². The number of nitrogens with one attached hydrogen (secondary N) is 1. The highest BCUT2D eigenvalue weighted by Crippen LogP contribution is 2.10. The molecular formula is C13H20FN3O2S. The van der Waals surface area contributed by atoms with Crippen molar-refractivity contribution in [2.24, 2.45) is 10.9 Å². The van der Waals surface area contributed by atoms with E-state index in [1.54, 1.807) is 18.4 Å². The molecule has 0 heterocycles. The van der Waals surface area contributed by atoms with E-state index < -0.39 is 16.6 Å². The average molecular weight is 301 g/mol. The van der Waals surface area contributed by atoms with E-state index >= 15 is 0 Å². The normalized spacial score (nSPS) is 15.1. The summed E-state index contributed by atoms with van der Waals surface area (Å²) in [7, 11) is -0.837. The van der Waals surface area contributed by atoms with Crippen molar-refractivity contribution in [3.8, 4) is 0 Å². The number of amidine groups is 1. The Hall–Kier alpha value is -1.47. The van der Waals surface area contributed by atoms with Gasteiger partial charge in [0.1, 0.15) is 5.82 Å². The zero-order valence-corrected chi connectivity index (χ0v) is 12.4. The highest BCUT2D eigenvalue weighted by Gasteiger charge is 2.08. The fraction of sp³-hybridized carbons (Fsp3) is 0.462. The maximum Gasteiger partial charge on any atom is 0.170 e. The van der Waals surface area contributed by atoms with E-state index in [1.165, 1.54) is 6.07 Å². The van der Waals surface area contributed by atoms with Gasteiger partial charge in [-0.1, -0.05) is 24.2 Å². The van der Waals surface area contributed by atoms with Crippen LogP contribution in [0.1, 0.15) is 24.5 Å². The van der Waals surface area contributed by atoms with Gasteiger partial charge in [-0.2, -0.15) is 0 Å². The van der Waals surface area contributed by atoms with Crippen molar-refractivity contribution in [3.63, 3.8) is 0 Å². The zero-order chi connectivity index (χ0) is 15.1. The van der Waals surface area contributed by atoms with Crippen LogP contribution in [-0.4, -0.2) is 33.3 Å². The molecule has 0 radical (unpaired) electrons. The molecule has 2 atom stereocenters. The van der Waals surface area contributed by atoms with Gasteiger partial charge in [0.15, 0.2) is 5.84 Å². The predicted octanol–water partition coefficient (Wildman–Crippen LogP) is 1.17. The molecule has 1 aromatic carbocycles. The summed E-state index contributed by atoms with van der Waals surface area (Å²) < 4.78 is 25.0. The molecule has 1 aromatic rings. The van der Waals surface area contributed by atoms with Crippen LogP contribution in [0.5, 0.6) is 0 Å². The molecule has 4 N–H and O–H groups in total. The van der Waals surface area contributed by atoms with E-state index in [9.17, 15) is 8.60 Å². The van der Waals surface area contributed by atoms with Crippen LogP contribution < -0.4 is 11.1 Å². The van der Waals surface area contributed by atoms with Gasteiger partial charge in [0.2, 0.25) is 0 Å². The van der Waals surface area contributed by atoms with Crippen molar-refractivity contribution in [1.82, 2.24) is 5.32 Å². The lowest BCUT2D eigenvalue weighted by Gasteiger charge is -2.10. The molecule has 0 aliphatic rings. The number of oxime groups is 1. The number of nitrogens with zero attached hydrogens (tertiary/aromatic N) is 1. The molecule has 2 unspecified atom stereocenters. The first-order valence-corrected chi connectivity index (χ1v) is 7.87. The van der Waals surface area contributed by atoms with Gasteiger partial charge in [0.05, 0.1) is 0 Å². The highest BCUT2D eigenvalue weighted by molar-refractivity contribution is 7.84. The summed E-state index contributed by atoms with van der Waals surface area (Å²) in [6.07, 6.45) is 2.45. The lowest BCUT2D eigenvalue weighted by molar-refractivity contribution is 0.318. The van der Waals surface area contributed by atoms with Gasteiger partial charge in [-0.15, -0.1) is 0 Å². The van der Waals surface area contributed by atoms with Gasteiger partial charge in [0.25, 0.3) is 0 Å². The van der Waals surface area contributed by atoms with E-state index in [0.717, 1.165) is 6.42 Å². The first kappa shape index (κ1) is 16.6. The molecule has 0 spiro atoms. The molecule has 0 fully saturated rings. The average Bonchev–Trinajstić information content (AvgIpc) is 2.43. The van der Waals surface area contributed by atoms with Crippen molar-refractivity contribution < 1.29 is 13.8 Å². The van der Waals surface area contributed by atoms with E-state index in [2.05, 4.69) is 10.5 Å². The molecule has 112 valence electrons. The number of rotatable bonds is 7. The van der Waals surface area contributed by atoms with Crippen molar-refractivity contribution in [2.45, 2.75) is 25.1 Å². The predicted molar refractivity (Wildman–Crippen MR) is 78.8 cm³/mol. The molecular weight excluding hydrogens is 281 g/mol. The summed E-state index contributed by atoms with van der Waals surface area (Å²) in [5.41, 5.74) is 6.23. The fourth-order valence-electron chi connectivity index (χ4n) is 1.60. The SMILES string of the molecule is CC(CCNCc1ccc(/C(N)=N/O)cc1F)S(C)=O. The molecule has 7 heteroatoms. The van der Waals surface area contributed by atoms with Crippen LogP contribution in [0.15, 0.2) is 23.4 Å². The first-order chi connectivity index (χ1) is 9.45. The summed E-state index contributed by atoms with van der Waals surface area (Å²) in [6.45, 7) is 2.97. The Balaban J connectivity index is 2.51. The Bertz CT molecular complexity index is 508. The molecule has 20 heavy (non-hydrogen) atoms. The molecule has 1 rings (SSSR count). The van der Waals surface area contributed by atoms with Crippen LogP contribution in [0.2, 0.25) is 0 Å². The second-order valence-corrected chi connectivity index (χ2v) is 6.37. The Morgan fingerprint density at radius 1 is 1.60 bits per heavy atom. The van der Waals surface area contributed by atoms with Gasteiger partial charge in [-0.3, -0.25) is 4.21 Å². The topological polar surface area (TPSA) is 87.7 Å². The van der Waals surface area contributed by atoms with Crippen molar-refractivity contribution in [1.29, 1.82) is 0 Å². The van der Waals surface area contributed by atoms with Gasteiger partial charge in [0, 0.05) is 40.0 Å². The summed E-state index contributed by atoms with van der Waals surface area (Å²) in [5, 5.41) is 14.6. The smallest absolute Gasteiger partial charge is 0.170 e. The molecule has 0 aliphatic heterocycles. The van der Waals surface area contributed by atoms with E-state index in [1.807, 2.05) is 6.92 Å². The largest absolute Gasteiger partial charge is 0.409 e. The lowest BCUT2D eigenvalue weighted by atomic mass is 10.1. The van der Waals surface area contributed by atoms with E-state index in [4.69, 9.17) is 10.9 Å². The van der Waals surface area contributed by atoms with Crippen LogP contribution in [0.25, 0.3) is 0 Å². The Kier molecular flexibility index (Phi) is 6.60. The summed E-state index contributed by atoms with van der Waals surface area (Å²) in [4.78, 5) is 0. The van der Waals surface area contributed by atoms with Crippen LogP contribution in [0.3, 0.4) is 0 Å².